The van der Waals surface area contributed by atoms with E-state index >= 15 is 0 Å². The molecule has 1 fully saturated rings. The zero-order chi connectivity index (χ0) is 13.2. The van der Waals surface area contributed by atoms with Gasteiger partial charge in [-0.3, -0.25) is 4.79 Å². The molecule has 0 aromatic carbocycles. The van der Waals surface area contributed by atoms with Crippen LogP contribution in [-0.2, 0) is 16.6 Å². The van der Waals surface area contributed by atoms with Crippen LogP contribution in [0.1, 0.15) is 19.3 Å². The van der Waals surface area contributed by atoms with Crippen molar-refractivity contribution in [3.05, 3.63) is 0 Å². The van der Waals surface area contributed by atoms with Crippen molar-refractivity contribution in [2.75, 3.05) is 14.2 Å². The van der Waals surface area contributed by atoms with Gasteiger partial charge in [0.25, 0.3) is 0 Å². The number of aryl methyl sites for hydroxylation is 1. The Hall–Kier alpha value is -1.15. The number of nitrogens with zero attached hydrogens (tertiary/aromatic N) is 4. The standard InChI is InChI=1S/C10H17N5O2S/c1-11-10(8(16)17-3)5-4-7(6-10)18-9-12-13-14-15(9)2/h7,11H,4-6H2,1-3H3. The molecule has 1 aromatic rings. The fraction of sp³-hybridized carbons (Fsp3) is 0.800. The van der Waals surface area contributed by atoms with Crippen molar-refractivity contribution < 1.29 is 9.53 Å². The van der Waals surface area contributed by atoms with Gasteiger partial charge in [-0.2, -0.15) is 0 Å². The van der Waals surface area contributed by atoms with Crippen molar-refractivity contribution in [3.63, 3.8) is 0 Å². The average Bonchev–Trinajstić information content (AvgIpc) is 2.97. The van der Waals surface area contributed by atoms with E-state index in [-0.39, 0.29) is 5.97 Å². The predicted molar refractivity (Wildman–Crippen MR) is 66.1 cm³/mol. The summed E-state index contributed by atoms with van der Waals surface area (Å²) in [4.78, 5) is 11.8. The predicted octanol–water partition coefficient (Wildman–Crippen LogP) is -0.0141. The van der Waals surface area contributed by atoms with Crippen LogP contribution >= 0.6 is 11.8 Å². The Bertz CT molecular complexity index is 438. The van der Waals surface area contributed by atoms with E-state index < -0.39 is 5.54 Å². The second kappa shape index (κ2) is 5.23. The van der Waals surface area contributed by atoms with Crippen LogP contribution in [0.25, 0.3) is 0 Å². The summed E-state index contributed by atoms with van der Waals surface area (Å²) in [6.45, 7) is 0. The van der Waals surface area contributed by atoms with Crippen LogP contribution in [0.2, 0.25) is 0 Å². The Balaban J connectivity index is 2.03. The third-order valence-corrected chi connectivity index (χ3v) is 4.67. The largest absolute Gasteiger partial charge is 0.468 e. The number of hydrogen-bond donors (Lipinski definition) is 1. The number of esters is 1. The van der Waals surface area contributed by atoms with Crippen molar-refractivity contribution in [2.24, 2.45) is 7.05 Å². The summed E-state index contributed by atoms with van der Waals surface area (Å²) in [5.41, 5.74) is -0.557. The number of hydrogen-bond acceptors (Lipinski definition) is 7. The molecular weight excluding hydrogens is 254 g/mol. The van der Waals surface area contributed by atoms with E-state index in [4.69, 9.17) is 4.74 Å². The Kier molecular flexibility index (Phi) is 3.86. The molecule has 0 saturated heterocycles. The van der Waals surface area contributed by atoms with Gasteiger partial charge in [-0.05, 0) is 36.7 Å². The molecule has 0 amide bonds. The Morgan fingerprint density at radius 2 is 2.44 bits per heavy atom. The van der Waals surface area contributed by atoms with Gasteiger partial charge in [-0.1, -0.05) is 11.8 Å². The van der Waals surface area contributed by atoms with E-state index in [2.05, 4.69) is 20.8 Å². The summed E-state index contributed by atoms with van der Waals surface area (Å²) in [7, 11) is 5.03. The SMILES string of the molecule is CNC1(C(=O)OC)CCC(Sc2nnnn2C)C1. The van der Waals surface area contributed by atoms with Crippen molar-refractivity contribution >= 4 is 17.7 Å². The lowest BCUT2D eigenvalue weighted by Crippen LogP contribution is -2.49. The first-order valence-electron chi connectivity index (χ1n) is 5.77. The van der Waals surface area contributed by atoms with Crippen LogP contribution in [-0.4, -0.2) is 51.1 Å². The highest BCUT2D eigenvalue weighted by Crippen LogP contribution is 2.39. The van der Waals surface area contributed by atoms with Gasteiger partial charge in [0.05, 0.1) is 7.11 Å². The number of carbonyl (C=O) groups is 1. The fourth-order valence-corrected chi connectivity index (χ4v) is 3.46. The minimum atomic E-state index is -0.557. The maximum Gasteiger partial charge on any atom is 0.326 e. The highest BCUT2D eigenvalue weighted by molar-refractivity contribution is 7.99. The number of methoxy groups -OCH3 is 1. The number of carbonyl (C=O) groups excluding carboxylic acids is 1. The third kappa shape index (κ3) is 2.35. The summed E-state index contributed by atoms with van der Waals surface area (Å²) < 4.78 is 6.52. The van der Waals surface area contributed by atoms with Crippen LogP contribution in [0.5, 0.6) is 0 Å². The molecule has 1 saturated carbocycles. The minimum absolute atomic E-state index is 0.191. The number of likely N-dealkylation sites (N-methyl/N-ethyl adjacent to an activating group) is 1. The summed E-state index contributed by atoms with van der Waals surface area (Å²) >= 11 is 1.61. The second-order valence-electron chi connectivity index (χ2n) is 4.39. The molecule has 18 heavy (non-hydrogen) atoms. The first kappa shape index (κ1) is 13.3. The lowest BCUT2D eigenvalue weighted by atomic mass is 9.98. The number of ether oxygens (including phenoxy) is 1. The van der Waals surface area contributed by atoms with Crippen molar-refractivity contribution in [3.8, 4) is 0 Å². The van der Waals surface area contributed by atoms with Crippen molar-refractivity contribution in [1.29, 1.82) is 0 Å². The molecule has 1 aliphatic carbocycles. The Labute approximate surface area is 110 Å². The van der Waals surface area contributed by atoms with Crippen LogP contribution in [0, 0.1) is 0 Å². The third-order valence-electron chi connectivity index (χ3n) is 3.38. The molecule has 0 bridgehead atoms. The maximum atomic E-state index is 11.8. The number of thioether (sulfide) groups is 1. The first-order chi connectivity index (χ1) is 8.61. The van der Waals surface area contributed by atoms with E-state index in [1.54, 1.807) is 23.5 Å². The number of nitrogens with one attached hydrogen (secondary N) is 1. The normalized spacial score (nSPS) is 27.4. The monoisotopic (exact) mass is 271 g/mol. The molecule has 2 rings (SSSR count). The molecule has 7 nitrogen and oxygen atoms in total. The highest BCUT2D eigenvalue weighted by atomic mass is 32.2. The van der Waals surface area contributed by atoms with E-state index in [0.29, 0.717) is 5.25 Å². The van der Waals surface area contributed by atoms with E-state index in [1.165, 1.54) is 7.11 Å². The maximum absolute atomic E-state index is 11.8. The summed E-state index contributed by atoms with van der Waals surface area (Å²) in [5.74, 6) is -0.191. The smallest absolute Gasteiger partial charge is 0.326 e. The lowest BCUT2D eigenvalue weighted by molar-refractivity contribution is -0.148. The quantitative estimate of drug-likeness (QED) is 0.771. The Morgan fingerprint density at radius 1 is 1.67 bits per heavy atom. The number of aromatic nitrogens is 4. The number of rotatable bonds is 4. The van der Waals surface area contributed by atoms with Gasteiger partial charge < -0.3 is 10.1 Å². The average molecular weight is 271 g/mol. The van der Waals surface area contributed by atoms with Crippen LogP contribution in [0.15, 0.2) is 5.16 Å². The first-order valence-corrected chi connectivity index (χ1v) is 6.65. The van der Waals surface area contributed by atoms with Crippen molar-refractivity contribution in [2.45, 2.75) is 35.2 Å². The van der Waals surface area contributed by atoms with Gasteiger partial charge in [0.2, 0.25) is 5.16 Å². The van der Waals surface area contributed by atoms with E-state index in [9.17, 15) is 4.79 Å². The number of tetrazole rings is 1. The molecule has 1 aliphatic rings. The molecule has 2 atom stereocenters. The van der Waals surface area contributed by atoms with Gasteiger partial charge in [0.1, 0.15) is 5.54 Å². The molecule has 100 valence electrons. The van der Waals surface area contributed by atoms with Gasteiger partial charge in [-0.15, -0.1) is 5.10 Å². The second-order valence-corrected chi connectivity index (χ2v) is 5.66. The van der Waals surface area contributed by atoms with Gasteiger partial charge in [-0.25, -0.2) is 4.68 Å². The van der Waals surface area contributed by atoms with Gasteiger partial charge >= 0.3 is 5.97 Å². The molecule has 0 aliphatic heterocycles. The van der Waals surface area contributed by atoms with Crippen LogP contribution < -0.4 is 5.32 Å². The van der Waals surface area contributed by atoms with Crippen LogP contribution in [0.3, 0.4) is 0 Å². The zero-order valence-corrected chi connectivity index (χ0v) is 11.5. The highest BCUT2D eigenvalue weighted by Gasteiger charge is 2.45. The molecular formula is C10H17N5O2S. The molecule has 0 radical (unpaired) electrons. The topological polar surface area (TPSA) is 81.9 Å². The summed E-state index contributed by atoms with van der Waals surface area (Å²) in [5, 5.41) is 15.5. The van der Waals surface area contributed by atoms with E-state index in [1.807, 2.05) is 7.05 Å². The summed E-state index contributed by atoms with van der Waals surface area (Å²) in [6, 6.07) is 0. The van der Waals surface area contributed by atoms with Gasteiger partial charge in [0.15, 0.2) is 0 Å². The molecule has 8 heteroatoms. The van der Waals surface area contributed by atoms with Gasteiger partial charge in [0, 0.05) is 12.3 Å². The molecule has 1 N–H and O–H groups in total. The Morgan fingerprint density at radius 3 is 3.00 bits per heavy atom. The molecule has 1 heterocycles. The van der Waals surface area contributed by atoms with Crippen LogP contribution in [0.4, 0.5) is 0 Å². The van der Waals surface area contributed by atoms with E-state index in [0.717, 1.165) is 24.4 Å². The molecule has 1 aromatic heterocycles. The summed E-state index contributed by atoms with van der Waals surface area (Å²) in [6.07, 6.45) is 2.44. The molecule has 2 unspecified atom stereocenters. The minimum Gasteiger partial charge on any atom is -0.468 e. The van der Waals surface area contributed by atoms with Crippen molar-refractivity contribution in [1.82, 2.24) is 25.5 Å². The fourth-order valence-electron chi connectivity index (χ4n) is 2.28. The zero-order valence-electron chi connectivity index (χ0n) is 10.7. The molecule has 0 spiro atoms. The lowest BCUT2D eigenvalue weighted by Gasteiger charge is -2.25.